The number of nitrogens with one attached hydrogen (secondary N) is 1. The molecule has 0 radical (unpaired) electrons. The zero-order chi connectivity index (χ0) is 14.1. The zero-order valence-corrected chi connectivity index (χ0v) is 12.8. The third kappa shape index (κ3) is 3.43. The van der Waals surface area contributed by atoms with Crippen molar-refractivity contribution in [2.24, 2.45) is 11.3 Å². The van der Waals surface area contributed by atoms with Crippen LogP contribution in [0, 0.1) is 11.3 Å². The normalized spacial score (nSPS) is 30.1. The highest BCUT2D eigenvalue weighted by molar-refractivity contribution is 6.33. The zero-order valence-electron chi connectivity index (χ0n) is 12.0. The fourth-order valence-electron chi connectivity index (χ4n) is 3.85. The number of hydrogen-bond acceptors (Lipinski definition) is 2. The lowest BCUT2D eigenvalue weighted by Crippen LogP contribution is -2.50. The summed E-state index contributed by atoms with van der Waals surface area (Å²) in [7, 11) is 0. The van der Waals surface area contributed by atoms with Gasteiger partial charge in [-0.05, 0) is 42.7 Å². The molecule has 1 aromatic rings. The lowest BCUT2D eigenvalue weighted by molar-refractivity contribution is 0.0750. The minimum absolute atomic E-state index is 0.145. The summed E-state index contributed by atoms with van der Waals surface area (Å²) >= 11 is 6.23. The van der Waals surface area contributed by atoms with Crippen molar-refractivity contribution in [3.8, 4) is 0 Å². The molecule has 0 amide bonds. The molecular weight excluding hydrogens is 258 g/mol. The van der Waals surface area contributed by atoms with Crippen molar-refractivity contribution in [1.29, 1.82) is 0 Å². The van der Waals surface area contributed by atoms with Crippen LogP contribution in [-0.2, 0) is 0 Å². The van der Waals surface area contributed by atoms with E-state index in [2.05, 4.69) is 26.1 Å². The van der Waals surface area contributed by atoms with Gasteiger partial charge in [0.2, 0.25) is 0 Å². The molecule has 19 heavy (non-hydrogen) atoms. The Bertz CT molecular complexity index is 446. The second-order valence-electron chi connectivity index (χ2n) is 6.90. The lowest BCUT2D eigenvalue weighted by Gasteiger charge is -2.47. The molecule has 1 aliphatic carbocycles. The molecule has 1 fully saturated rings. The maximum Gasteiger partial charge on any atom is 0.0661 e. The van der Waals surface area contributed by atoms with Crippen LogP contribution in [0.15, 0.2) is 24.3 Å². The molecule has 0 aromatic heterocycles. The van der Waals surface area contributed by atoms with E-state index in [9.17, 15) is 5.11 Å². The minimum Gasteiger partial charge on any atom is -0.394 e. The number of halogens is 1. The topological polar surface area (TPSA) is 32.3 Å². The molecule has 3 heteroatoms. The molecule has 0 bridgehead atoms. The van der Waals surface area contributed by atoms with Crippen molar-refractivity contribution in [3.05, 3.63) is 29.3 Å². The van der Waals surface area contributed by atoms with Gasteiger partial charge in [0.05, 0.1) is 22.9 Å². The molecule has 2 atom stereocenters. The van der Waals surface area contributed by atoms with Gasteiger partial charge >= 0.3 is 0 Å². The van der Waals surface area contributed by atoms with E-state index in [-0.39, 0.29) is 17.6 Å². The summed E-state index contributed by atoms with van der Waals surface area (Å²) in [6.07, 6.45) is 3.16. The SMILES string of the molecule is CC1CC(C)(C)CC(CO)(Nc2ccccc2Cl)C1. The van der Waals surface area contributed by atoms with E-state index < -0.39 is 0 Å². The Morgan fingerprint density at radius 2 is 2.00 bits per heavy atom. The molecule has 2 rings (SSSR count). The second kappa shape index (κ2) is 5.34. The summed E-state index contributed by atoms with van der Waals surface area (Å²) in [5.41, 5.74) is 0.906. The molecule has 0 saturated heterocycles. The minimum atomic E-state index is -0.258. The summed E-state index contributed by atoms with van der Waals surface area (Å²) in [6, 6.07) is 7.75. The monoisotopic (exact) mass is 281 g/mol. The molecule has 106 valence electrons. The second-order valence-corrected chi connectivity index (χ2v) is 7.30. The Morgan fingerprint density at radius 1 is 1.32 bits per heavy atom. The van der Waals surface area contributed by atoms with Crippen LogP contribution in [0.2, 0.25) is 5.02 Å². The van der Waals surface area contributed by atoms with Crippen LogP contribution in [0.4, 0.5) is 5.69 Å². The predicted octanol–water partition coefficient (Wildman–Crippen LogP) is 4.33. The molecule has 0 aliphatic heterocycles. The first kappa shape index (κ1) is 14.7. The molecule has 1 aliphatic rings. The Morgan fingerprint density at radius 3 is 2.58 bits per heavy atom. The summed E-state index contributed by atoms with van der Waals surface area (Å²) < 4.78 is 0. The first-order valence-corrected chi connectivity index (χ1v) is 7.37. The number of para-hydroxylation sites is 1. The van der Waals surface area contributed by atoms with Crippen LogP contribution >= 0.6 is 11.6 Å². The summed E-state index contributed by atoms with van der Waals surface area (Å²) in [5.74, 6) is 0.603. The van der Waals surface area contributed by atoms with Gasteiger partial charge < -0.3 is 10.4 Å². The first-order valence-electron chi connectivity index (χ1n) is 6.99. The van der Waals surface area contributed by atoms with E-state index in [1.807, 2.05) is 24.3 Å². The van der Waals surface area contributed by atoms with E-state index in [4.69, 9.17) is 11.6 Å². The van der Waals surface area contributed by atoms with E-state index in [0.29, 0.717) is 10.9 Å². The standard InChI is InChI=1S/C16H24ClNO/c1-12-8-15(2,3)10-16(9-12,11-19)18-14-7-5-4-6-13(14)17/h4-7,12,18-19H,8-11H2,1-3H3. The van der Waals surface area contributed by atoms with Gasteiger partial charge in [0, 0.05) is 0 Å². The van der Waals surface area contributed by atoms with Crippen LogP contribution in [0.25, 0.3) is 0 Å². The van der Waals surface area contributed by atoms with Crippen LogP contribution < -0.4 is 5.32 Å². The van der Waals surface area contributed by atoms with Crippen LogP contribution in [0.5, 0.6) is 0 Å². The Kier molecular flexibility index (Phi) is 4.12. The third-order valence-corrected chi connectivity index (χ3v) is 4.36. The fourth-order valence-corrected chi connectivity index (χ4v) is 4.03. The molecule has 0 heterocycles. The van der Waals surface area contributed by atoms with Gasteiger partial charge in [-0.25, -0.2) is 0 Å². The number of anilines is 1. The van der Waals surface area contributed by atoms with Crippen LogP contribution in [-0.4, -0.2) is 17.3 Å². The smallest absolute Gasteiger partial charge is 0.0661 e. The lowest BCUT2D eigenvalue weighted by atomic mass is 9.64. The van der Waals surface area contributed by atoms with Crippen molar-refractivity contribution in [3.63, 3.8) is 0 Å². The van der Waals surface area contributed by atoms with Crippen molar-refractivity contribution in [1.82, 2.24) is 0 Å². The highest BCUT2D eigenvalue weighted by atomic mass is 35.5. The van der Waals surface area contributed by atoms with Gasteiger partial charge in [0.15, 0.2) is 0 Å². The van der Waals surface area contributed by atoms with Gasteiger partial charge in [-0.3, -0.25) is 0 Å². The average Bonchev–Trinajstić information content (AvgIpc) is 2.29. The van der Waals surface area contributed by atoms with E-state index in [1.54, 1.807) is 0 Å². The number of rotatable bonds is 3. The molecule has 2 N–H and O–H groups in total. The molecule has 1 aromatic carbocycles. The van der Waals surface area contributed by atoms with Gasteiger partial charge in [-0.15, -0.1) is 0 Å². The van der Waals surface area contributed by atoms with Crippen molar-refractivity contribution >= 4 is 17.3 Å². The Hall–Kier alpha value is -0.730. The maximum absolute atomic E-state index is 9.94. The number of hydrogen-bond donors (Lipinski definition) is 2. The van der Waals surface area contributed by atoms with Crippen molar-refractivity contribution in [2.75, 3.05) is 11.9 Å². The summed E-state index contributed by atoms with van der Waals surface area (Å²) in [4.78, 5) is 0. The van der Waals surface area contributed by atoms with E-state index in [0.717, 1.165) is 18.5 Å². The quantitative estimate of drug-likeness (QED) is 0.864. The largest absolute Gasteiger partial charge is 0.394 e. The predicted molar refractivity (Wildman–Crippen MR) is 81.7 cm³/mol. The maximum atomic E-state index is 9.94. The van der Waals surface area contributed by atoms with Crippen LogP contribution in [0.3, 0.4) is 0 Å². The third-order valence-electron chi connectivity index (χ3n) is 4.03. The molecular formula is C16H24ClNO. The molecule has 2 nitrogen and oxygen atoms in total. The van der Waals surface area contributed by atoms with Crippen molar-refractivity contribution < 1.29 is 5.11 Å². The fraction of sp³-hybridized carbons (Fsp3) is 0.625. The van der Waals surface area contributed by atoms with E-state index in [1.165, 1.54) is 6.42 Å². The Balaban J connectivity index is 2.25. The molecule has 2 unspecified atom stereocenters. The number of benzene rings is 1. The van der Waals surface area contributed by atoms with Crippen molar-refractivity contribution in [2.45, 2.75) is 45.6 Å². The van der Waals surface area contributed by atoms with Gasteiger partial charge in [-0.1, -0.05) is 44.5 Å². The first-order chi connectivity index (χ1) is 8.86. The highest BCUT2D eigenvalue weighted by Crippen LogP contribution is 2.45. The Labute approximate surface area is 121 Å². The van der Waals surface area contributed by atoms with Gasteiger partial charge in [-0.2, -0.15) is 0 Å². The number of aliphatic hydroxyl groups is 1. The van der Waals surface area contributed by atoms with E-state index >= 15 is 0 Å². The van der Waals surface area contributed by atoms with Crippen LogP contribution in [0.1, 0.15) is 40.0 Å². The summed E-state index contributed by atoms with van der Waals surface area (Å²) in [5, 5.41) is 14.2. The molecule has 1 saturated carbocycles. The summed E-state index contributed by atoms with van der Waals surface area (Å²) in [6.45, 7) is 6.97. The van der Waals surface area contributed by atoms with Gasteiger partial charge in [0.25, 0.3) is 0 Å². The average molecular weight is 282 g/mol. The highest BCUT2D eigenvalue weighted by Gasteiger charge is 2.42. The number of aliphatic hydroxyl groups excluding tert-OH is 1. The van der Waals surface area contributed by atoms with Gasteiger partial charge in [0.1, 0.15) is 0 Å². The molecule has 0 spiro atoms.